The maximum atomic E-state index is 12.3. The van der Waals surface area contributed by atoms with Gasteiger partial charge in [0.25, 0.3) is 11.5 Å². The van der Waals surface area contributed by atoms with Crippen molar-refractivity contribution in [1.29, 1.82) is 0 Å². The summed E-state index contributed by atoms with van der Waals surface area (Å²) in [5.74, 6) is -0.164. The van der Waals surface area contributed by atoms with Gasteiger partial charge in [0.2, 0.25) is 0 Å². The topological polar surface area (TPSA) is 77.6 Å². The predicted molar refractivity (Wildman–Crippen MR) is 73.1 cm³/mol. The van der Waals surface area contributed by atoms with Crippen molar-refractivity contribution in [2.75, 3.05) is 33.4 Å². The summed E-state index contributed by atoms with van der Waals surface area (Å²) in [5, 5.41) is 0. The Labute approximate surface area is 112 Å². The number of methoxy groups -OCH3 is 1. The van der Waals surface area contributed by atoms with Crippen LogP contribution in [0, 0.1) is 0 Å². The van der Waals surface area contributed by atoms with Crippen LogP contribution in [-0.4, -0.2) is 48.7 Å². The first-order chi connectivity index (χ1) is 9.10. The Morgan fingerprint density at radius 1 is 1.47 bits per heavy atom. The fourth-order valence-corrected chi connectivity index (χ4v) is 1.66. The van der Waals surface area contributed by atoms with E-state index in [2.05, 4.69) is 0 Å². The third kappa shape index (κ3) is 4.50. The van der Waals surface area contributed by atoms with Gasteiger partial charge in [-0.3, -0.25) is 9.59 Å². The number of ether oxygens (including phenoxy) is 1. The Bertz CT molecular complexity index is 462. The second-order valence-corrected chi connectivity index (χ2v) is 4.29. The zero-order valence-corrected chi connectivity index (χ0v) is 11.5. The van der Waals surface area contributed by atoms with Crippen LogP contribution in [0.2, 0.25) is 0 Å². The van der Waals surface area contributed by atoms with Crippen molar-refractivity contribution in [3.63, 3.8) is 0 Å². The van der Waals surface area contributed by atoms with Gasteiger partial charge in [-0.05, 0) is 19.0 Å². The molecule has 0 saturated carbocycles. The molecule has 0 aromatic carbocycles. The zero-order valence-electron chi connectivity index (χ0n) is 11.5. The van der Waals surface area contributed by atoms with E-state index in [0.29, 0.717) is 31.8 Å². The van der Waals surface area contributed by atoms with Gasteiger partial charge >= 0.3 is 0 Å². The fourth-order valence-electron chi connectivity index (χ4n) is 1.66. The molecule has 1 heterocycles. The van der Waals surface area contributed by atoms with E-state index >= 15 is 0 Å². The van der Waals surface area contributed by atoms with E-state index in [1.165, 1.54) is 10.6 Å². The number of pyridine rings is 1. The summed E-state index contributed by atoms with van der Waals surface area (Å²) in [4.78, 5) is 25.5. The molecule has 1 aromatic rings. The monoisotopic (exact) mass is 267 g/mol. The van der Waals surface area contributed by atoms with Crippen LogP contribution < -0.4 is 11.3 Å². The Balaban J connectivity index is 2.84. The average Bonchev–Trinajstić information content (AvgIpc) is 2.41. The van der Waals surface area contributed by atoms with E-state index < -0.39 is 0 Å². The highest BCUT2D eigenvalue weighted by Gasteiger charge is 2.15. The highest BCUT2D eigenvalue weighted by molar-refractivity contribution is 5.94. The molecule has 0 spiro atoms. The molecule has 0 radical (unpaired) electrons. The van der Waals surface area contributed by atoms with Crippen molar-refractivity contribution < 1.29 is 9.53 Å². The highest BCUT2D eigenvalue weighted by Crippen LogP contribution is 2.03. The van der Waals surface area contributed by atoms with E-state index in [0.717, 1.165) is 6.42 Å². The molecular weight excluding hydrogens is 246 g/mol. The molecule has 2 N–H and O–H groups in total. The summed E-state index contributed by atoms with van der Waals surface area (Å²) < 4.78 is 6.42. The molecule has 1 aromatic heterocycles. The van der Waals surface area contributed by atoms with Crippen LogP contribution in [0.15, 0.2) is 23.1 Å². The van der Waals surface area contributed by atoms with Gasteiger partial charge in [-0.25, -0.2) is 0 Å². The SMILES string of the molecule is COCCN(CCCN)C(=O)c1ccn(C)c(=O)c1. The molecule has 106 valence electrons. The van der Waals surface area contributed by atoms with Crippen molar-refractivity contribution >= 4 is 5.91 Å². The van der Waals surface area contributed by atoms with Crippen LogP contribution in [0.4, 0.5) is 0 Å². The Kier molecular flexibility index (Phi) is 6.24. The number of amides is 1. The molecule has 0 aliphatic rings. The van der Waals surface area contributed by atoms with E-state index in [9.17, 15) is 9.59 Å². The lowest BCUT2D eigenvalue weighted by Gasteiger charge is -2.22. The lowest BCUT2D eigenvalue weighted by atomic mass is 10.2. The number of carbonyl (C=O) groups excluding carboxylic acids is 1. The van der Waals surface area contributed by atoms with Crippen LogP contribution in [0.5, 0.6) is 0 Å². The lowest BCUT2D eigenvalue weighted by molar-refractivity contribution is 0.0694. The first-order valence-electron chi connectivity index (χ1n) is 6.25. The standard InChI is InChI=1S/C13H21N3O3/c1-15-7-4-11(10-12(15)17)13(18)16(6-3-5-14)8-9-19-2/h4,7,10H,3,5-6,8-9,14H2,1-2H3. The Hall–Kier alpha value is -1.66. The summed E-state index contributed by atoms with van der Waals surface area (Å²) in [6.45, 7) is 2.03. The number of aryl methyl sites for hydroxylation is 1. The molecule has 0 fully saturated rings. The van der Waals surface area contributed by atoms with E-state index in [1.54, 1.807) is 31.3 Å². The minimum atomic E-state index is -0.198. The lowest BCUT2D eigenvalue weighted by Crippen LogP contribution is -2.36. The number of rotatable bonds is 7. The average molecular weight is 267 g/mol. The van der Waals surface area contributed by atoms with Gasteiger partial charge in [-0.1, -0.05) is 0 Å². The van der Waals surface area contributed by atoms with Gasteiger partial charge in [0.15, 0.2) is 0 Å². The Morgan fingerprint density at radius 3 is 2.79 bits per heavy atom. The number of nitrogens with zero attached hydrogens (tertiary/aromatic N) is 2. The normalized spacial score (nSPS) is 10.5. The molecule has 1 rings (SSSR count). The third-order valence-electron chi connectivity index (χ3n) is 2.84. The molecule has 6 nitrogen and oxygen atoms in total. The van der Waals surface area contributed by atoms with Crippen molar-refractivity contribution in [2.45, 2.75) is 6.42 Å². The molecule has 0 aliphatic heterocycles. The van der Waals surface area contributed by atoms with Crippen LogP contribution in [0.1, 0.15) is 16.8 Å². The quantitative estimate of drug-likeness (QED) is 0.743. The zero-order chi connectivity index (χ0) is 14.3. The second kappa shape index (κ2) is 7.70. The maximum absolute atomic E-state index is 12.3. The molecule has 0 bridgehead atoms. The van der Waals surface area contributed by atoms with Gasteiger partial charge in [-0.15, -0.1) is 0 Å². The van der Waals surface area contributed by atoms with Crippen molar-refractivity contribution in [2.24, 2.45) is 12.8 Å². The van der Waals surface area contributed by atoms with Crippen molar-refractivity contribution in [3.05, 3.63) is 34.2 Å². The summed E-state index contributed by atoms with van der Waals surface area (Å²) in [5.41, 5.74) is 5.67. The van der Waals surface area contributed by atoms with Gasteiger partial charge < -0.3 is 19.9 Å². The molecule has 0 atom stereocenters. The minimum absolute atomic E-state index is 0.164. The summed E-state index contributed by atoms with van der Waals surface area (Å²) in [6.07, 6.45) is 2.31. The second-order valence-electron chi connectivity index (χ2n) is 4.29. The Morgan fingerprint density at radius 2 is 2.21 bits per heavy atom. The molecule has 0 unspecified atom stereocenters. The number of carbonyl (C=O) groups is 1. The summed E-state index contributed by atoms with van der Waals surface area (Å²) in [7, 11) is 3.23. The van der Waals surface area contributed by atoms with Crippen LogP contribution in [-0.2, 0) is 11.8 Å². The predicted octanol–water partition coefficient (Wildman–Crippen LogP) is -0.177. The van der Waals surface area contributed by atoms with Crippen molar-refractivity contribution in [1.82, 2.24) is 9.47 Å². The largest absolute Gasteiger partial charge is 0.383 e. The van der Waals surface area contributed by atoms with Gasteiger partial charge in [-0.2, -0.15) is 0 Å². The van der Waals surface area contributed by atoms with Gasteiger partial charge in [0.1, 0.15) is 0 Å². The van der Waals surface area contributed by atoms with E-state index in [4.69, 9.17) is 10.5 Å². The summed E-state index contributed by atoms with van der Waals surface area (Å²) >= 11 is 0. The first-order valence-corrected chi connectivity index (χ1v) is 6.25. The number of aromatic nitrogens is 1. The van der Waals surface area contributed by atoms with Crippen LogP contribution >= 0.6 is 0 Å². The van der Waals surface area contributed by atoms with E-state index in [-0.39, 0.29) is 11.5 Å². The van der Waals surface area contributed by atoms with Crippen LogP contribution in [0.3, 0.4) is 0 Å². The summed E-state index contributed by atoms with van der Waals surface area (Å²) in [6, 6.07) is 3.00. The molecule has 0 aliphatic carbocycles. The fraction of sp³-hybridized carbons (Fsp3) is 0.538. The van der Waals surface area contributed by atoms with E-state index in [1.807, 2.05) is 0 Å². The smallest absolute Gasteiger partial charge is 0.254 e. The first kappa shape index (κ1) is 15.4. The molecule has 6 heteroatoms. The molecular formula is C13H21N3O3. The van der Waals surface area contributed by atoms with Crippen molar-refractivity contribution in [3.8, 4) is 0 Å². The minimum Gasteiger partial charge on any atom is -0.383 e. The molecule has 1 amide bonds. The number of hydrogen-bond donors (Lipinski definition) is 1. The molecule has 0 saturated heterocycles. The molecule has 19 heavy (non-hydrogen) atoms. The maximum Gasteiger partial charge on any atom is 0.254 e. The number of nitrogens with two attached hydrogens (primary N) is 1. The van der Waals surface area contributed by atoms with Crippen LogP contribution in [0.25, 0.3) is 0 Å². The number of hydrogen-bond acceptors (Lipinski definition) is 4. The highest BCUT2D eigenvalue weighted by atomic mass is 16.5. The van der Waals surface area contributed by atoms with Gasteiger partial charge in [0, 0.05) is 45.1 Å². The van der Waals surface area contributed by atoms with Gasteiger partial charge in [0.05, 0.1) is 6.61 Å². The third-order valence-corrected chi connectivity index (χ3v) is 2.84.